The number of nitrogens with zero attached hydrogens (tertiary/aromatic N) is 2. The second kappa shape index (κ2) is 12.5. The first-order valence-corrected chi connectivity index (χ1v) is 12.7. The zero-order valence-electron chi connectivity index (χ0n) is 20.6. The molecule has 2 aromatic rings. The normalized spacial score (nSPS) is 22.3. The molecule has 186 valence electrons. The van der Waals surface area contributed by atoms with Crippen molar-refractivity contribution >= 4 is 0 Å². The highest BCUT2D eigenvalue weighted by atomic mass is 16.5. The summed E-state index contributed by atoms with van der Waals surface area (Å²) in [4.78, 5) is 4.79. The first kappa shape index (κ1) is 25.0. The molecule has 0 bridgehead atoms. The summed E-state index contributed by atoms with van der Waals surface area (Å²) in [6.07, 6.45) is 5.09. The Bertz CT molecular complexity index is 869. The predicted molar refractivity (Wildman–Crippen MR) is 135 cm³/mol. The number of aryl methyl sites for hydroxylation is 1. The van der Waals surface area contributed by atoms with E-state index < -0.39 is 5.60 Å². The van der Waals surface area contributed by atoms with Crippen LogP contribution in [-0.2, 0) is 11.3 Å². The molecule has 34 heavy (non-hydrogen) atoms. The Morgan fingerprint density at radius 2 is 1.76 bits per heavy atom. The van der Waals surface area contributed by atoms with Crippen molar-refractivity contribution in [1.82, 2.24) is 9.80 Å². The standard InChI is InChI=1S/C28H40N2O4/c1-24-9-11-26(12-10-24)34-23-28(31)21-30(16-18-32-22-28)20-25-7-5-8-27(19-25)33-17-6-15-29-13-3-2-4-14-29/h5,7-12,19,31H,2-4,6,13-18,20-23H2,1H3. The topological polar surface area (TPSA) is 54.4 Å². The van der Waals surface area contributed by atoms with Gasteiger partial charge in [0, 0.05) is 26.2 Å². The van der Waals surface area contributed by atoms with Crippen LogP contribution in [0.5, 0.6) is 11.5 Å². The molecule has 2 fully saturated rings. The Morgan fingerprint density at radius 1 is 0.941 bits per heavy atom. The lowest BCUT2D eigenvalue weighted by molar-refractivity contribution is -0.0646. The number of β-amino-alcohol motifs (C(OH)–C–C–N with tert-alkyl or cyclic N) is 1. The highest BCUT2D eigenvalue weighted by Gasteiger charge is 2.33. The number of hydrogen-bond donors (Lipinski definition) is 1. The maximum Gasteiger partial charge on any atom is 0.134 e. The number of benzene rings is 2. The SMILES string of the molecule is Cc1ccc(OCC2(O)COCCN(Cc3cccc(OCCCN4CCCCC4)c3)C2)cc1. The molecule has 6 heteroatoms. The fourth-order valence-electron chi connectivity index (χ4n) is 4.72. The van der Waals surface area contributed by atoms with Gasteiger partial charge in [0.2, 0.25) is 0 Å². The number of likely N-dealkylation sites (tertiary alicyclic amines) is 1. The van der Waals surface area contributed by atoms with Gasteiger partial charge in [0.1, 0.15) is 23.7 Å². The van der Waals surface area contributed by atoms with Gasteiger partial charge in [-0.3, -0.25) is 4.90 Å². The van der Waals surface area contributed by atoms with Crippen molar-refractivity contribution in [1.29, 1.82) is 0 Å². The largest absolute Gasteiger partial charge is 0.494 e. The van der Waals surface area contributed by atoms with Crippen molar-refractivity contribution in [2.45, 2.75) is 44.8 Å². The van der Waals surface area contributed by atoms with Crippen LogP contribution >= 0.6 is 0 Å². The molecule has 2 aromatic carbocycles. The van der Waals surface area contributed by atoms with Crippen LogP contribution in [0, 0.1) is 6.92 Å². The molecule has 2 saturated heterocycles. The van der Waals surface area contributed by atoms with E-state index in [1.807, 2.05) is 37.3 Å². The van der Waals surface area contributed by atoms with Gasteiger partial charge in [0.05, 0.1) is 19.8 Å². The lowest BCUT2D eigenvalue weighted by Crippen LogP contribution is -2.48. The lowest BCUT2D eigenvalue weighted by atomic mass is 10.1. The van der Waals surface area contributed by atoms with Gasteiger partial charge in [-0.25, -0.2) is 0 Å². The molecule has 0 aliphatic carbocycles. The van der Waals surface area contributed by atoms with Gasteiger partial charge in [-0.05, 0) is 69.1 Å². The molecule has 0 radical (unpaired) electrons. The molecule has 0 saturated carbocycles. The maximum absolute atomic E-state index is 11.2. The molecular formula is C28H40N2O4. The van der Waals surface area contributed by atoms with Gasteiger partial charge < -0.3 is 24.2 Å². The summed E-state index contributed by atoms with van der Waals surface area (Å²) in [5, 5.41) is 11.2. The molecule has 1 atom stereocenters. The van der Waals surface area contributed by atoms with E-state index in [-0.39, 0.29) is 13.2 Å². The molecule has 2 heterocycles. The number of ether oxygens (including phenoxy) is 3. The van der Waals surface area contributed by atoms with Gasteiger partial charge >= 0.3 is 0 Å². The van der Waals surface area contributed by atoms with E-state index in [0.29, 0.717) is 13.2 Å². The Balaban J connectivity index is 1.25. The second-order valence-electron chi connectivity index (χ2n) is 9.84. The van der Waals surface area contributed by atoms with Gasteiger partial charge in [-0.1, -0.05) is 36.2 Å². The van der Waals surface area contributed by atoms with Crippen LogP contribution in [0.1, 0.15) is 36.8 Å². The molecule has 2 aliphatic heterocycles. The van der Waals surface area contributed by atoms with E-state index in [2.05, 4.69) is 28.0 Å². The molecule has 6 nitrogen and oxygen atoms in total. The Kier molecular flexibility index (Phi) is 9.22. The van der Waals surface area contributed by atoms with Crippen molar-refractivity contribution in [3.8, 4) is 11.5 Å². The van der Waals surface area contributed by atoms with Crippen LogP contribution in [-0.4, -0.2) is 79.7 Å². The van der Waals surface area contributed by atoms with Crippen LogP contribution in [0.3, 0.4) is 0 Å². The first-order chi connectivity index (χ1) is 16.6. The number of rotatable bonds is 10. The summed E-state index contributed by atoms with van der Waals surface area (Å²) in [5.74, 6) is 1.68. The number of hydrogen-bond acceptors (Lipinski definition) is 6. The third-order valence-electron chi connectivity index (χ3n) is 6.61. The minimum Gasteiger partial charge on any atom is -0.494 e. The van der Waals surface area contributed by atoms with Gasteiger partial charge in [0.15, 0.2) is 0 Å². The maximum atomic E-state index is 11.2. The summed E-state index contributed by atoms with van der Waals surface area (Å²) in [5.41, 5.74) is 1.31. The predicted octanol–water partition coefficient (Wildman–Crippen LogP) is 3.89. The number of aliphatic hydroxyl groups is 1. The van der Waals surface area contributed by atoms with Gasteiger partial charge in [0.25, 0.3) is 0 Å². The van der Waals surface area contributed by atoms with Crippen LogP contribution in [0.25, 0.3) is 0 Å². The fraction of sp³-hybridized carbons (Fsp3) is 0.571. The highest BCUT2D eigenvalue weighted by Crippen LogP contribution is 2.20. The van der Waals surface area contributed by atoms with E-state index >= 15 is 0 Å². The van der Waals surface area contributed by atoms with E-state index in [0.717, 1.165) is 44.2 Å². The van der Waals surface area contributed by atoms with Crippen molar-refractivity contribution in [2.24, 2.45) is 0 Å². The average Bonchev–Trinajstić information content (AvgIpc) is 3.04. The molecule has 0 spiro atoms. The summed E-state index contributed by atoms with van der Waals surface area (Å²) in [6.45, 7) is 9.46. The van der Waals surface area contributed by atoms with E-state index in [1.54, 1.807) is 0 Å². The molecule has 1 unspecified atom stereocenters. The minimum absolute atomic E-state index is 0.201. The van der Waals surface area contributed by atoms with Crippen LogP contribution in [0.15, 0.2) is 48.5 Å². The summed E-state index contributed by atoms with van der Waals surface area (Å²) >= 11 is 0. The minimum atomic E-state index is -1.05. The zero-order valence-corrected chi connectivity index (χ0v) is 20.6. The van der Waals surface area contributed by atoms with Gasteiger partial charge in [-0.2, -0.15) is 0 Å². The lowest BCUT2D eigenvalue weighted by Gasteiger charge is -2.30. The van der Waals surface area contributed by atoms with Crippen LogP contribution in [0.2, 0.25) is 0 Å². The van der Waals surface area contributed by atoms with Crippen molar-refractivity contribution in [3.63, 3.8) is 0 Å². The van der Waals surface area contributed by atoms with E-state index in [4.69, 9.17) is 14.2 Å². The molecule has 0 amide bonds. The summed E-state index contributed by atoms with van der Waals surface area (Å²) in [7, 11) is 0. The average molecular weight is 469 g/mol. The summed E-state index contributed by atoms with van der Waals surface area (Å²) < 4.78 is 17.7. The van der Waals surface area contributed by atoms with E-state index in [9.17, 15) is 5.11 Å². The molecule has 0 aromatic heterocycles. The van der Waals surface area contributed by atoms with Crippen molar-refractivity contribution < 1.29 is 19.3 Å². The quantitative estimate of drug-likeness (QED) is 0.534. The molecule has 1 N–H and O–H groups in total. The monoisotopic (exact) mass is 468 g/mol. The van der Waals surface area contributed by atoms with Crippen LogP contribution < -0.4 is 9.47 Å². The Morgan fingerprint density at radius 3 is 2.59 bits per heavy atom. The van der Waals surface area contributed by atoms with Gasteiger partial charge in [-0.15, -0.1) is 0 Å². The third-order valence-corrected chi connectivity index (χ3v) is 6.61. The van der Waals surface area contributed by atoms with Crippen molar-refractivity contribution in [2.75, 3.05) is 59.2 Å². The fourth-order valence-corrected chi connectivity index (χ4v) is 4.72. The van der Waals surface area contributed by atoms with Crippen LogP contribution in [0.4, 0.5) is 0 Å². The first-order valence-electron chi connectivity index (χ1n) is 12.7. The van der Waals surface area contributed by atoms with Crippen molar-refractivity contribution in [3.05, 3.63) is 59.7 Å². The Labute approximate surface area is 204 Å². The second-order valence-corrected chi connectivity index (χ2v) is 9.84. The number of piperidine rings is 1. The third kappa shape index (κ3) is 7.98. The zero-order chi connectivity index (χ0) is 23.6. The highest BCUT2D eigenvalue weighted by molar-refractivity contribution is 5.29. The molecule has 2 aliphatic rings. The summed E-state index contributed by atoms with van der Waals surface area (Å²) in [6, 6.07) is 16.2. The molecule has 4 rings (SSSR count). The smallest absolute Gasteiger partial charge is 0.134 e. The van der Waals surface area contributed by atoms with E-state index in [1.165, 1.54) is 43.5 Å². The molecular weight excluding hydrogens is 428 g/mol. The Hall–Kier alpha value is -2.12.